The summed E-state index contributed by atoms with van der Waals surface area (Å²) in [5.74, 6) is -1.23. The lowest BCUT2D eigenvalue weighted by molar-refractivity contribution is 0.0696. The lowest BCUT2D eigenvalue weighted by atomic mass is 9.97. The Bertz CT molecular complexity index is 680. The third-order valence-electron chi connectivity index (χ3n) is 3.10. The predicted octanol–water partition coefficient (Wildman–Crippen LogP) is 1.99. The summed E-state index contributed by atoms with van der Waals surface area (Å²) in [7, 11) is 0. The van der Waals surface area contributed by atoms with E-state index in [4.69, 9.17) is 5.11 Å². The molecule has 2 aromatic rings. The van der Waals surface area contributed by atoms with Crippen molar-refractivity contribution in [1.82, 2.24) is 10.2 Å². The Hall–Kier alpha value is -2.30. The topological polar surface area (TPSA) is 86.0 Å². The smallest absolute Gasteiger partial charge is 0.343 e. The average Bonchev–Trinajstić information content (AvgIpc) is 2.65. The molecule has 0 radical (unpaired) electrons. The number of hydrogen-bond acceptors (Lipinski definition) is 2. The first-order valence-corrected chi connectivity index (χ1v) is 5.54. The van der Waals surface area contributed by atoms with Gasteiger partial charge in [-0.2, -0.15) is 0 Å². The van der Waals surface area contributed by atoms with Crippen molar-refractivity contribution in [1.29, 1.82) is 0 Å². The minimum atomic E-state index is -1.23. The molecule has 94 valence electrons. The molecule has 0 aliphatic carbocycles. The molecule has 0 unspecified atom stereocenters. The summed E-state index contributed by atoms with van der Waals surface area (Å²) < 4.78 is 0. The summed E-state index contributed by atoms with van der Waals surface area (Å²) in [6.45, 7) is 5.83. The zero-order valence-electron chi connectivity index (χ0n) is 10.4. The second kappa shape index (κ2) is 4.18. The van der Waals surface area contributed by atoms with Crippen LogP contribution >= 0.6 is 0 Å². The number of aryl methyl sites for hydroxylation is 3. The van der Waals surface area contributed by atoms with Crippen LogP contribution in [0.3, 0.4) is 0 Å². The van der Waals surface area contributed by atoms with E-state index in [1.807, 2.05) is 32.9 Å². The standard InChI is InChI=1S/C13H14N2O3/c1-6-4-8(3)9(5-7(6)2)11-10(13(17)18)12(16)15-14-11/h4-5H,1-3H3,(H,17,18)(H2,14,15,16). The Morgan fingerprint density at radius 1 is 1.06 bits per heavy atom. The van der Waals surface area contributed by atoms with Crippen LogP contribution in [0.1, 0.15) is 27.0 Å². The number of aromatic nitrogens is 2. The van der Waals surface area contributed by atoms with Gasteiger partial charge in [0.2, 0.25) is 0 Å². The molecular weight excluding hydrogens is 232 g/mol. The fourth-order valence-electron chi connectivity index (χ4n) is 1.99. The molecule has 0 aliphatic rings. The molecule has 3 N–H and O–H groups in total. The third-order valence-corrected chi connectivity index (χ3v) is 3.10. The van der Waals surface area contributed by atoms with Gasteiger partial charge in [-0.05, 0) is 43.5 Å². The highest BCUT2D eigenvalue weighted by Crippen LogP contribution is 2.26. The molecule has 0 saturated carbocycles. The summed E-state index contributed by atoms with van der Waals surface area (Å²) in [5, 5.41) is 14.0. The van der Waals surface area contributed by atoms with Gasteiger partial charge < -0.3 is 5.11 Å². The van der Waals surface area contributed by atoms with Crippen LogP contribution in [0.5, 0.6) is 0 Å². The zero-order chi connectivity index (χ0) is 13.4. The molecule has 0 atom stereocenters. The molecule has 18 heavy (non-hydrogen) atoms. The second-order valence-electron chi connectivity index (χ2n) is 4.39. The summed E-state index contributed by atoms with van der Waals surface area (Å²) in [4.78, 5) is 22.6. The molecule has 0 aliphatic heterocycles. The Morgan fingerprint density at radius 2 is 1.67 bits per heavy atom. The lowest BCUT2D eigenvalue weighted by Gasteiger charge is -2.08. The van der Waals surface area contributed by atoms with Gasteiger partial charge in [0.15, 0.2) is 5.56 Å². The molecule has 1 heterocycles. The van der Waals surface area contributed by atoms with Gasteiger partial charge >= 0.3 is 5.97 Å². The van der Waals surface area contributed by atoms with Crippen molar-refractivity contribution in [2.45, 2.75) is 20.8 Å². The van der Waals surface area contributed by atoms with Crippen molar-refractivity contribution >= 4 is 5.97 Å². The zero-order valence-corrected chi connectivity index (χ0v) is 10.4. The fraction of sp³-hybridized carbons (Fsp3) is 0.231. The van der Waals surface area contributed by atoms with E-state index in [9.17, 15) is 9.59 Å². The van der Waals surface area contributed by atoms with E-state index < -0.39 is 11.5 Å². The molecule has 0 bridgehead atoms. The molecule has 5 heteroatoms. The molecule has 1 aromatic heterocycles. The van der Waals surface area contributed by atoms with Crippen molar-refractivity contribution in [3.63, 3.8) is 0 Å². The van der Waals surface area contributed by atoms with Crippen molar-refractivity contribution in [3.05, 3.63) is 44.7 Å². The summed E-state index contributed by atoms with van der Waals surface area (Å²) in [6, 6.07) is 3.86. The van der Waals surface area contributed by atoms with Crippen LogP contribution in [0.4, 0.5) is 0 Å². The number of hydrogen-bond donors (Lipinski definition) is 3. The number of carbonyl (C=O) groups is 1. The van der Waals surface area contributed by atoms with Crippen LogP contribution in [0, 0.1) is 20.8 Å². The number of aromatic amines is 2. The first kappa shape index (κ1) is 12.2. The average molecular weight is 246 g/mol. The van der Waals surface area contributed by atoms with E-state index in [-0.39, 0.29) is 5.56 Å². The fourth-order valence-corrected chi connectivity index (χ4v) is 1.99. The molecule has 2 rings (SSSR count). The van der Waals surface area contributed by atoms with Crippen molar-refractivity contribution in [2.24, 2.45) is 0 Å². The first-order valence-electron chi connectivity index (χ1n) is 5.54. The van der Waals surface area contributed by atoms with Crippen molar-refractivity contribution in [3.8, 4) is 11.3 Å². The van der Waals surface area contributed by atoms with Gasteiger partial charge in [0, 0.05) is 5.56 Å². The van der Waals surface area contributed by atoms with Gasteiger partial charge in [0.25, 0.3) is 5.56 Å². The summed E-state index contributed by atoms with van der Waals surface area (Å²) >= 11 is 0. The molecule has 0 amide bonds. The molecule has 0 fully saturated rings. The third kappa shape index (κ3) is 1.84. The van der Waals surface area contributed by atoms with E-state index in [0.717, 1.165) is 22.3 Å². The normalized spacial score (nSPS) is 10.6. The number of H-pyrrole nitrogens is 2. The SMILES string of the molecule is Cc1cc(C)c(-c2[nH][nH]c(=O)c2C(=O)O)cc1C. The van der Waals surface area contributed by atoms with E-state index in [1.54, 1.807) is 0 Å². The number of rotatable bonds is 2. The monoisotopic (exact) mass is 246 g/mol. The second-order valence-corrected chi connectivity index (χ2v) is 4.39. The Kier molecular flexibility index (Phi) is 2.82. The minimum Gasteiger partial charge on any atom is -0.477 e. The Labute approximate surface area is 103 Å². The van der Waals surface area contributed by atoms with Gasteiger partial charge in [0.05, 0.1) is 5.69 Å². The van der Waals surface area contributed by atoms with Crippen LogP contribution in [0.25, 0.3) is 11.3 Å². The highest BCUT2D eigenvalue weighted by Gasteiger charge is 2.19. The maximum Gasteiger partial charge on any atom is 0.343 e. The molecule has 1 aromatic carbocycles. The lowest BCUT2D eigenvalue weighted by Crippen LogP contribution is -2.12. The van der Waals surface area contributed by atoms with Crippen LogP contribution in [0.2, 0.25) is 0 Å². The maximum atomic E-state index is 11.5. The van der Waals surface area contributed by atoms with Crippen molar-refractivity contribution in [2.75, 3.05) is 0 Å². The Balaban J connectivity index is 2.74. The van der Waals surface area contributed by atoms with Crippen LogP contribution in [-0.2, 0) is 0 Å². The number of carboxylic acids is 1. The number of aromatic carboxylic acids is 1. The number of nitrogens with one attached hydrogen (secondary N) is 2. The van der Waals surface area contributed by atoms with Gasteiger partial charge in [-0.1, -0.05) is 6.07 Å². The molecular formula is C13H14N2O3. The molecule has 5 nitrogen and oxygen atoms in total. The number of carboxylic acid groups (broad SMARTS) is 1. The number of benzene rings is 1. The van der Waals surface area contributed by atoms with Crippen LogP contribution < -0.4 is 5.56 Å². The summed E-state index contributed by atoms with van der Waals surface area (Å²) in [5.41, 5.74) is 3.30. The van der Waals surface area contributed by atoms with E-state index >= 15 is 0 Å². The minimum absolute atomic E-state index is 0.249. The van der Waals surface area contributed by atoms with E-state index in [1.165, 1.54) is 0 Å². The van der Waals surface area contributed by atoms with Gasteiger partial charge in [-0.3, -0.25) is 15.0 Å². The van der Waals surface area contributed by atoms with Crippen molar-refractivity contribution < 1.29 is 9.90 Å². The highest BCUT2D eigenvalue weighted by molar-refractivity contribution is 5.94. The predicted molar refractivity (Wildman–Crippen MR) is 68.0 cm³/mol. The maximum absolute atomic E-state index is 11.5. The van der Waals surface area contributed by atoms with Crippen LogP contribution in [0.15, 0.2) is 16.9 Å². The quantitative estimate of drug-likeness (QED) is 0.757. The van der Waals surface area contributed by atoms with E-state index in [2.05, 4.69) is 10.2 Å². The first-order chi connectivity index (χ1) is 8.41. The Morgan fingerprint density at radius 3 is 2.28 bits per heavy atom. The van der Waals surface area contributed by atoms with E-state index in [0.29, 0.717) is 5.69 Å². The molecule has 0 spiro atoms. The summed E-state index contributed by atoms with van der Waals surface area (Å²) in [6.07, 6.45) is 0. The van der Waals surface area contributed by atoms with Gasteiger partial charge in [-0.25, -0.2) is 4.79 Å². The molecule has 0 saturated heterocycles. The van der Waals surface area contributed by atoms with Gasteiger partial charge in [-0.15, -0.1) is 0 Å². The van der Waals surface area contributed by atoms with Crippen LogP contribution in [-0.4, -0.2) is 21.3 Å². The highest BCUT2D eigenvalue weighted by atomic mass is 16.4. The largest absolute Gasteiger partial charge is 0.477 e. The van der Waals surface area contributed by atoms with Gasteiger partial charge in [0.1, 0.15) is 0 Å².